The van der Waals surface area contributed by atoms with Crippen LogP contribution in [0.2, 0.25) is 0 Å². The van der Waals surface area contributed by atoms with Crippen molar-refractivity contribution in [2.45, 2.75) is 18.9 Å². The third kappa shape index (κ3) is 3.11. The summed E-state index contributed by atoms with van der Waals surface area (Å²) >= 11 is 0. The summed E-state index contributed by atoms with van der Waals surface area (Å²) in [7, 11) is 0. The van der Waals surface area contributed by atoms with Crippen LogP contribution in [-0.4, -0.2) is 47.8 Å². The Labute approximate surface area is 111 Å². The molecule has 1 aliphatic heterocycles. The Kier molecular flexibility index (Phi) is 4.17. The van der Waals surface area contributed by atoms with E-state index in [1.54, 1.807) is 19.1 Å². The van der Waals surface area contributed by atoms with E-state index in [9.17, 15) is 14.3 Å². The Morgan fingerprint density at radius 3 is 2.47 bits per heavy atom. The highest BCUT2D eigenvalue weighted by Crippen LogP contribution is 2.23. The first kappa shape index (κ1) is 14.0. The summed E-state index contributed by atoms with van der Waals surface area (Å²) in [5.41, 5.74) is -0.167. The SMILES string of the molecule is CC(Cc1ccc(F)cc1)(C(=O)O)N1CCOCC1. The maximum Gasteiger partial charge on any atom is 0.324 e. The number of halogens is 1. The molecular formula is C14H18FNO3. The van der Waals surface area contributed by atoms with Crippen LogP contribution in [0.3, 0.4) is 0 Å². The van der Waals surface area contributed by atoms with Crippen LogP contribution >= 0.6 is 0 Å². The van der Waals surface area contributed by atoms with E-state index in [1.165, 1.54) is 12.1 Å². The second-order valence-electron chi connectivity index (χ2n) is 4.98. The highest BCUT2D eigenvalue weighted by molar-refractivity contribution is 5.78. The minimum absolute atomic E-state index is 0.313. The van der Waals surface area contributed by atoms with Crippen LogP contribution in [0.5, 0.6) is 0 Å². The van der Waals surface area contributed by atoms with Crippen molar-refractivity contribution in [1.82, 2.24) is 4.90 Å². The fourth-order valence-corrected chi connectivity index (χ4v) is 2.38. The first-order valence-corrected chi connectivity index (χ1v) is 6.33. The standard InChI is InChI=1S/C14H18FNO3/c1-14(13(17)18,16-6-8-19-9-7-16)10-11-2-4-12(15)5-3-11/h2-5H,6-10H2,1H3,(H,17,18). The van der Waals surface area contributed by atoms with E-state index in [1.807, 2.05) is 4.90 Å². The van der Waals surface area contributed by atoms with Gasteiger partial charge in [-0.25, -0.2) is 4.39 Å². The van der Waals surface area contributed by atoms with Gasteiger partial charge in [0.05, 0.1) is 13.2 Å². The monoisotopic (exact) mass is 267 g/mol. The molecule has 1 aliphatic rings. The van der Waals surface area contributed by atoms with Crippen molar-refractivity contribution in [3.05, 3.63) is 35.6 Å². The number of carbonyl (C=O) groups is 1. The molecular weight excluding hydrogens is 249 g/mol. The van der Waals surface area contributed by atoms with Crippen molar-refractivity contribution in [1.29, 1.82) is 0 Å². The molecule has 4 nitrogen and oxygen atoms in total. The van der Waals surface area contributed by atoms with Crippen molar-refractivity contribution in [3.8, 4) is 0 Å². The molecule has 0 saturated carbocycles. The quantitative estimate of drug-likeness (QED) is 0.899. The Morgan fingerprint density at radius 1 is 1.37 bits per heavy atom. The van der Waals surface area contributed by atoms with Gasteiger partial charge in [-0.3, -0.25) is 9.69 Å². The molecule has 1 N–H and O–H groups in total. The number of morpholine rings is 1. The van der Waals surface area contributed by atoms with Crippen LogP contribution in [0.4, 0.5) is 4.39 Å². The van der Waals surface area contributed by atoms with Gasteiger partial charge in [-0.15, -0.1) is 0 Å². The number of rotatable bonds is 4. The van der Waals surface area contributed by atoms with Gasteiger partial charge in [0, 0.05) is 19.5 Å². The van der Waals surface area contributed by atoms with Crippen LogP contribution in [0.1, 0.15) is 12.5 Å². The minimum atomic E-state index is -0.985. The van der Waals surface area contributed by atoms with E-state index in [-0.39, 0.29) is 5.82 Å². The second-order valence-corrected chi connectivity index (χ2v) is 4.98. The summed E-state index contributed by atoms with van der Waals surface area (Å²) in [6.45, 7) is 4.01. The molecule has 1 atom stereocenters. The molecule has 1 aromatic carbocycles. The van der Waals surface area contributed by atoms with Crippen LogP contribution in [-0.2, 0) is 16.0 Å². The zero-order valence-electron chi connectivity index (χ0n) is 10.9. The summed E-state index contributed by atoms with van der Waals surface area (Å²) in [4.78, 5) is 13.6. The molecule has 1 saturated heterocycles. The van der Waals surface area contributed by atoms with Gasteiger partial charge in [0.1, 0.15) is 11.4 Å². The molecule has 0 bridgehead atoms. The molecule has 0 aliphatic carbocycles. The number of nitrogens with zero attached hydrogens (tertiary/aromatic N) is 1. The van der Waals surface area contributed by atoms with Crippen LogP contribution in [0, 0.1) is 5.82 Å². The van der Waals surface area contributed by atoms with Crippen molar-refractivity contribution in [2.75, 3.05) is 26.3 Å². The third-order valence-electron chi connectivity index (χ3n) is 3.63. The Bertz CT molecular complexity index is 443. The number of benzene rings is 1. The predicted octanol–water partition coefficient (Wildman–Crippen LogP) is 1.54. The molecule has 0 aromatic heterocycles. The number of carboxylic acids is 1. The summed E-state index contributed by atoms with van der Waals surface area (Å²) in [5, 5.41) is 9.54. The van der Waals surface area contributed by atoms with Gasteiger partial charge in [-0.05, 0) is 24.6 Å². The molecule has 0 spiro atoms. The summed E-state index contributed by atoms with van der Waals surface area (Å²) in [5.74, 6) is -1.18. The lowest BCUT2D eigenvalue weighted by Gasteiger charge is -2.40. The zero-order valence-corrected chi connectivity index (χ0v) is 10.9. The van der Waals surface area contributed by atoms with E-state index in [4.69, 9.17) is 4.74 Å². The van der Waals surface area contributed by atoms with Crippen molar-refractivity contribution >= 4 is 5.97 Å². The summed E-state index contributed by atoms with van der Waals surface area (Å²) in [6, 6.07) is 5.99. The second kappa shape index (κ2) is 5.67. The highest BCUT2D eigenvalue weighted by Gasteiger charge is 2.40. The van der Waals surface area contributed by atoms with Crippen LogP contribution in [0.25, 0.3) is 0 Å². The number of hydrogen-bond donors (Lipinski definition) is 1. The van der Waals surface area contributed by atoms with E-state index in [0.29, 0.717) is 32.7 Å². The average molecular weight is 267 g/mol. The first-order valence-electron chi connectivity index (χ1n) is 6.33. The van der Waals surface area contributed by atoms with E-state index in [2.05, 4.69) is 0 Å². The lowest BCUT2D eigenvalue weighted by Crippen LogP contribution is -2.57. The van der Waals surface area contributed by atoms with Gasteiger partial charge in [-0.2, -0.15) is 0 Å². The molecule has 19 heavy (non-hydrogen) atoms. The van der Waals surface area contributed by atoms with E-state index in [0.717, 1.165) is 5.56 Å². The molecule has 1 aromatic rings. The molecule has 5 heteroatoms. The van der Waals surface area contributed by atoms with E-state index >= 15 is 0 Å². The van der Waals surface area contributed by atoms with Gasteiger partial charge in [0.15, 0.2) is 0 Å². The molecule has 1 fully saturated rings. The van der Waals surface area contributed by atoms with Crippen LogP contribution < -0.4 is 0 Å². The number of ether oxygens (including phenoxy) is 1. The smallest absolute Gasteiger partial charge is 0.324 e. The van der Waals surface area contributed by atoms with Gasteiger partial charge in [0.25, 0.3) is 0 Å². The number of hydrogen-bond acceptors (Lipinski definition) is 3. The Hall–Kier alpha value is -1.46. The fourth-order valence-electron chi connectivity index (χ4n) is 2.38. The van der Waals surface area contributed by atoms with Crippen molar-refractivity contribution in [2.24, 2.45) is 0 Å². The summed E-state index contributed by atoms with van der Waals surface area (Å²) in [6.07, 6.45) is 0.350. The van der Waals surface area contributed by atoms with Gasteiger partial charge in [0.2, 0.25) is 0 Å². The average Bonchev–Trinajstić information content (AvgIpc) is 2.42. The molecule has 104 valence electrons. The Morgan fingerprint density at radius 2 is 1.95 bits per heavy atom. The van der Waals surface area contributed by atoms with Crippen LogP contribution in [0.15, 0.2) is 24.3 Å². The van der Waals surface area contributed by atoms with Crippen molar-refractivity contribution in [3.63, 3.8) is 0 Å². The maximum absolute atomic E-state index is 12.9. The zero-order chi connectivity index (χ0) is 13.9. The van der Waals surface area contributed by atoms with E-state index < -0.39 is 11.5 Å². The molecule has 2 rings (SSSR count). The number of aliphatic carboxylic acids is 1. The van der Waals surface area contributed by atoms with Gasteiger partial charge < -0.3 is 9.84 Å². The molecule has 0 radical (unpaired) electrons. The van der Waals surface area contributed by atoms with Gasteiger partial charge in [-0.1, -0.05) is 12.1 Å². The first-order chi connectivity index (χ1) is 9.02. The predicted molar refractivity (Wildman–Crippen MR) is 68.5 cm³/mol. The lowest BCUT2D eigenvalue weighted by molar-refractivity contribution is -0.153. The largest absolute Gasteiger partial charge is 0.480 e. The minimum Gasteiger partial charge on any atom is -0.480 e. The lowest BCUT2D eigenvalue weighted by atomic mass is 9.90. The molecule has 1 heterocycles. The normalized spacial score (nSPS) is 19.9. The summed E-state index contributed by atoms with van der Waals surface area (Å²) < 4.78 is 18.1. The van der Waals surface area contributed by atoms with Gasteiger partial charge >= 0.3 is 5.97 Å². The highest BCUT2D eigenvalue weighted by atomic mass is 19.1. The fraction of sp³-hybridized carbons (Fsp3) is 0.500. The Balaban J connectivity index is 2.18. The third-order valence-corrected chi connectivity index (χ3v) is 3.63. The maximum atomic E-state index is 12.9. The van der Waals surface area contributed by atoms with Crippen molar-refractivity contribution < 1.29 is 19.0 Å². The number of carboxylic acid groups (broad SMARTS) is 1. The molecule has 1 unspecified atom stereocenters. The molecule has 0 amide bonds. The topological polar surface area (TPSA) is 49.8 Å².